The lowest BCUT2D eigenvalue weighted by Crippen LogP contribution is -2.47. The quantitative estimate of drug-likeness (QED) is 0.0581. The van der Waals surface area contributed by atoms with Gasteiger partial charge in [-0.05, 0) is 69.9 Å². The molecule has 5 N–H and O–H groups in total. The minimum absolute atomic E-state index is 0.115. The van der Waals surface area contributed by atoms with Crippen LogP contribution in [0.15, 0.2) is 67.2 Å². The van der Waals surface area contributed by atoms with Crippen molar-refractivity contribution in [3.8, 4) is 0 Å². The zero-order chi connectivity index (χ0) is 40.1. The molecule has 0 aliphatic heterocycles. The normalized spacial score (nSPS) is 17.8. The van der Waals surface area contributed by atoms with E-state index in [1.807, 2.05) is 26.8 Å². The Morgan fingerprint density at radius 1 is 0.963 bits per heavy atom. The highest BCUT2D eigenvalue weighted by Crippen LogP contribution is 2.39. The molecule has 54 heavy (non-hydrogen) atoms. The Bertz CT molecular complexity index is 1470. The molecule has 0 aromatic heterocycles. The van der Waals surface area contributed by atoms with E-state index in [2.05, 4.69) is 53.2 Å². The topological polar surface area (TPSA) is 138 Å². The van der Waals surface area contributed by atoms with E-state index in [0.717, 1.165) is 25.7 Å². The average molecular weight is 756 g/mol. The fourth-order valence-corrected chi connectivity index (χ4v) is 6.74. The summed E-state index contributed by atoms with van der Waals surface area (Å²) in [5.41, 5.74) is 0.911. The van der Waals surface area contributed by atoms with Gasteiger partial charge in [0.05, 0.1) is 18.6 Å². The third-order valence-corrected chi connectivity index (χ3v) is 10.7. The van der Waals surface area contributed by atoms with Crippen LogP contribution >= 0.6 is 0 Å². The molecule has 0 saturated heterocycles. The summed E-state index contributed by atoms with van der Waals surface area (Å²) < 4.78 is 34.4. The minimum atomic E-state index is -2.74. The van der Waals surface area contributed by atoms with Crippen LogP contribution in [0.4, 0.5) is 8.78 Å². The molecule has 1 aromatic rings. The Labute approximate surface area is 320 Å². The van der Waals surface area contributed by atoms with Crippen molar-refractivity contribution in [3.05, 3.63) is 72.8 Å². The predicted octanol–water partition coefficient (Wildman–Crippen LogP) is 6.76. The number of carbonyl (C=O) groups excluding carboxylic acids is 4. The second-order valence-corrected chi connectivity index (χ2v) is 15.6. The number of carbonyl (C=O) groups is 4. The van der Waals surface area contributed by atoms with Crippen LogP contribution in [0.1, 0.15) is 116 Å². The van der Waals surface area contributed by atoms with Gasteiger partial charge in [0, 0.05) is 43.5 Å². The molecule has 3 amide bonds. The van der Waals surface area contributed by atoms with Gasteiger partial charge in [-0.25, -0.2) is 8.78 Å². The number of rotatable bonds is 24. The molecule has 2 saturated carbocycles. The molecule has 2 aliphatic carbocycles. The number of halogens is 2. The summed E-state index contributed by atoms with van der Waals surface area (Å²) in [7, 11) is 1.48. The average Bonchev–Trinajstić information content (AvgIpc) is 3.97. The highest BCUT2D eigenvalue weighted by atomic mass is 19.3. The summed E-state index contributed by atoms with van der Waals surface area (Å²) in [5, 5.41) is 14.5. The monoisotopic (exact) mass is 755 g/mol. The maximum Gasteiger partial charge on any atom is 0.249 e. The molecule has 1 aromatic carbocycles. The molecule has 2 fully saturated rings. The summed E-state index contributed by atoms with van der Waals surface area (Å²) in [5.74, 6) is -4.28. The van der Waals surface area contributed by atoms with Gasteiger partial charge in [-0.1, -0.05) is 83.0 Å². The van der Waals surface area contributed by atoms with Gasteiger partial charge in [-0.3, -0.25) is 19.2 Å². The van der Waals surface area contributed by atoms with Gasteiger partial charge in [0.2, 0.25) is 23.6 Å². The highest BCUT2D eigenvalue weighted by molar-refractivity contribution is 5.97. The number of Topliss-reactive ketones (excluding diaryl/α,β-unsaturated/α-hetero) is 1. The van der Waals surface area contributed by atoms with E-state index in [4.69, 9.17) is 4.74 Å². The van der Waals surface area contributed by atoms with Crippen molar-refractivity contribution < 1.29 is 32.7 Å². The van der Waals surface area contributed by atoms with E-state index in [0.29, 0.717) is 36.4 Å². The van der Waals surface area contributed by atoms with Crippen LogP contribution in [0.5, 0.6) is 0 Å². The number of ether oxygens (including phenoxy) is 1. The summed E-state index contributed by atoms with van der Waals surface area (Å²) in [6.45, 7) is 20.0. The number of likely N-dealkylation sites (N-methyl/N-ethyl adjacent to an activating group) is 1. The van der Waals surface area contributed by atoms with Crippen LogP contribution in [-0.4, -0.2) is 60.7 Å². The first-order valence-corrected chi connectivity index (χ1v) is 19.5. The molecule has 4 atom stereocenters. The Morgan fingerprint density at radius 2 is 1.61 bits per heavy atom. The molecular formula is C42H63F2N5O5. The molecule has 0 bridgehead atoms. The van der Waals surface area contributed by atoms with Gasteiger partial charge >= 0.3 is 0 Å². The van der Waals surface area contributed by atoms with Crippen molar-refractivity contribution in [2.45, 2.75) is 134 Å². The number of unbranched alkanes of at least 4 members (excludes halogenated alkanes) is 1. The molecule has 0 radical (unpaired) electrons. The maximum atomic E-state index is 14.2. The fourth-order valence-electron chi connectivity index (χ4n) is 6.74. The van der Waals surface area contributed by atoms with Gasteiger partial charge in [-0.2, -0.15) is 0 Å². The maximum absolute atomic E-state index is 14.2. The summed E-state index contributed by atoms with van der Waals surface area (Å²) in [4.78, 5) is 53.0. The standard InChI is InChI=1S/C42H63F2N5O5/c1-9-11-15-33(25-35(50)37(32-20-22-42(43,44)23-21-32)48-29(5)54-41(6,7)10-2)28(4)47-34(24-30-18-19-30)27(3)39(52)46-26-36(51)49-38(40(53)45-8)31-16-13-12-14-17-31/h12-14,16-17,30,32-34,37-38,47-48H,3-5,9-11,15,18-26H2,1-2,6-8H3,(H,45,53)(H,46,52)(H,49,51). The van der Waals surface area contributed by atoms with Gasteiger partial charge in [0.1, 0.15) is 11.6 Å². The Morgan fingerprint density at radius 3 is 2.19 bits per heavy atom. The zero-order valence-corrected chi connectivity index (χ0v) is 33.0. The molecule has 10 nitrogen and oxygen atoms in total. The van der Waals surface area contributed by atoms with Crippen LogP contribution in [0, 0.1) is 17.8 Å². The summed E-state index contributed by atoms with van der Waals surface area (Å²) >= 11 is 0. The second-order valence-electron chi connectivity index (χ2n) is 15.6. The molecule has 0 heterocycles. The van der Waals surface area contributed by atoms with Crippen LogP contribution in [0.3, 0.4) is 0 Å². The largest absolute Gasteiger partial charge is 0.474 e. The molecule has 2 aliphatic rings. The van der Waals surface area contributed by atoms with Crippen LogP contribution in [0.2, 0.25) is 0 Å². The number of benzene rings is 1. The minimum Gasteiger partial charge on any atom is -0.474 e. The third kappa shape index (κ3) is 14.2. The first-order valence-electron chi connectivity index (χ1n) is 19.5. The Balaban J connectivity index is 1.71. The van der Waals surface area contributed by atoms with Gasteiger partial charge in [-0.15, -0.1) is 0 Å². The number of hydrogen-bond donors (Lipinski definition) is 5. The molecule has 12 heteroatoms. The van der Waals surface area contributed by atoms with E-state index in [1.54, 1.807) is 24.3 Å². The second kappa shape index (κ2) is 20.5. The van der Waals surface area contributed by atoms with Gasteiger partial charge < -0.3 is 31.3 Å². The van der Waals surface area contributed by atoms with E-state index in [9.17, 15) is 28.0 Å². The van der Waals surface area contributed by atoms with Crippen LogP contribution in [-0.2, 0) is 23.9 Å². The lowest BCUT2D eigenvalue weighted by Gasteiger charge is -2.36. The van der Waals surface area contributed by atoms with Crippen molar-refractivity contribution in [2.75, 3.05) is 13.6 Å². The van der Waals surface area contributed by atoms with Crippen molar-refractivity contribution in [1.82, 2.24) is 26.6 Å². The summed E-state index contributed by atoms with van der Waals surface area (Å²) in [6.07, 6.45) is 5.73. The van der Waals surface area contributed by atoms with E-state index >= 15 is 0 Å². The summed E-state index contributed by atoms with van der Waals surface area (Å²) in [6, 6.07) is 6.63. The number of ketones is 1. The third-order valence-electron chi connectivity index (χ3n) is 10.7. The van der Waals surface area contributed by atoms with E-state index in [-0.39, 0.29) is 67.7 Å². The molecular weight excluding hydrogens is 692 g/mol. The Kier molecular flexibility index (Phi) is 16.7. The number of amides is 3. The van der Waals surface area contributed by atoms with E-state index < -0.39 is 47.4 Å². The van der Waals surface area contributed by atoms with Crippen molar-refractivity contribution in [1.29, 1.82) is 0 Å². The number of allylic oxidation sites excluding steroid dienone is 1. The zero-order valence-electron chi connectivity index (χ0n) is 33.0. The van der Waals surface area contributed by atoms with Crippen molar-refractivity contribution >= 4 is 23.5 Å². The Hall–Kier alpha value is -4.22. The number of nitrogens with one attached hydrogen (secondary N) is 5. The van der Waals surface area contributed by atoms with Gasteiger partial charge in [0.15, 0.2) is 11.7 Å². The highest BCUT2D eigenvalue weighted by Gasteiger charge is 2.41. The number of hydrogen-bond acceptors (Lipinski definition) is 7. The van der Waals surface area contributed by atoms with Crippen molar-refractivity contribution in [3.63, 3.8) is 0 Å². The van der Waals surface area contributed by atoms with E-state index in [1.165, 1.54) is 7.05 Å². The van der Waals surface area contributed by atoms with Crippen LogP contribution in [0.25, 0.3) is 0 Å². The fraction of sp³-hybridized carbons (Fsp3) is 0.619. The van der Waals surface area contributed by atoms with Crippen LogP contribution < -0.4 is 26.6 Å². The predicted molar refractivity (Wildman–Crippen MR) is 208 cm³/mol. The molecule has 0 spiro atoms. The number of alkyl halides is 2. The SMILES string of the molecule is C=C(NC(C(=O)CC(CCCC)C(=C)NC(CC1CC1)C(=C)C(=O)NCC(=O)NC(C(=O)NC)c1ccccc1)C1CCC(F)(F)CC1)OC(C)(C)CC. The molecule has 300 valence electrons. The lowest BCUT2D eigenvalue weighted by atomic mass is 9.78. The first kappa shape index (κ1) is 44.2. The smallest absolute Gasteiger partial charge is 0.249 e. The van der Waals surface area contributed by atoms with Gasteiger partial charge in [0.25, 0.3) is 0 Å². The molecule has 3 rings (SSSR count). The molecule has 4 unspecified atom stereocenters. The first-order chi connectivity index (χ1) is 25.5. The lowest BCUT2D eigenvalue weighted by molar-refractivity contribution is -0.129. The van der Waals surface area contributed by atoms with Crippen molar-refractivity contribution in [2.24, 2.45) is 17.8 Å².